The van der Waals surface area contributed by atoms with Gasteiger partial charge in [0.2, 0.25) is 0 Å². The van der Waals surface area contributed by atoms with Crippen LogP contribution in [0.1, 0.15) is 62.1 Å². The summed E-state index contributed by atoms with van der Waals surface area (Å²) in [5.41, 5.74) is 8.11. The van der Waals surface area contributed by atoms with Gasteiger partial charge in [0.05, 0.1) is 81.4 Å². The van der Waals surface area contributed by atoms with Crippen molar-refractivity contribution in [3.8, 4) is 45.6 Å². The average Bonchev–Trinajstić information content (AvgIpc) is 0.848. The molecule has 12 rings (SSSR count). The van der Waals surface area contributed by atoms with E-state index in [-0.39, 0.29) is 128 Å². The number of hydrogen-bond donors (Lipinski definition) is 0. The van der Waals surface area contributed by atoms with Crippen molar-refractivity contribution in [1.29, 1.82) is 0 Å². The number of benzene rings is 6. The van der Waals surface area contributed by atoms with Gasteiger partial charge < -0.3 is 70.4 Å². The monoisotopic (exact) mass is 1980 g/mol. The molecule has 0 unspecified atom stereocenters. The number of carbonyl (C=O) groups is 6. The molecule has 0 fully saturated rings. The van der Waals surface area contributed by atoms with Gasteiger partial charge >= 0.3 is 83.5 Å². The summed E-state index contributed by atoms with van der Waals surface area (Å²) < 4.78 is 5.15. The first-order valence-corrected chi connectivity index (χ1v) is 32.2. The topological polar surface area (TPSA) is 384 Å². The van der Waals surface area contributed by atoms with E-state index in [9.17, 15) is 59.4 Å². The van der Waals surface area contributed by atoms with E-state index in [1.165, 1.54) is 72.8 Å². The SMILES string of the molecule is O=C([O-])c1ccc(Br)cc1.O=C([O-])c1ccc(Br)cc1.O=C([O-])c1ccc(Br)cc1.O=C([O-])c1ccc(Br)cc1.O=C([O-])c1ccc(Br)cc1.O=C([O-])c1ccc(Br)cc1.[Ce+3].[Ce+3].[OH3+].[OH3+].c1ccc(-c2cccc(-c3ccccn3)n2)nc1.c1ccc(-c2cccc(-c3ccccn3)n2)nc1. The molecule has 0 spiro atoms. The predicted octanol–water partition coefficient (Wildman–Crippen LogP) is 9.44. The summed E-state index contributed by atoms with van der Waals surface area (Å²) in [5, 5.41) is 61.1. The predicted molar refractivity (Wildman–Crippen MR) is 382 cm³/mol. The van der Waals surface area contributed by atoms with E-state index in [1.54, 1.807) is 97.6 Å². The summed E-state index contributed by atoms with van der Waals surface area (Å²) in [6.07, 6.45) is 7.07. The third-order valence-corrected chi connectivity index (χ3v) is 14.9. The maximum atomic E-state index is 10.2. The number of aromatic nitrogens is 6. The Kier molecular flexibility index (Phi) is 45.3. The molecule has 2 radical (unpaired) electrons. The van der Waals surface area contributed by atoms with E-state index in [2.05, 4.69) is 125 Å². The van der Waals surface area contributed by atoms with Crippen LogP contribution >= 0.6 is 95.6 Å². The van der Waals surface area contributed by atoms with E-state index in [4.69, 9.17) is 0 Å². The first-order valence-electron chi connectivity index (χ1n) is 27.5. The molecule has 6 N–H and O–H groups in total. The summed E-state index contributed by atoms with van der Waals surface area (Å²) >= 11 is 19.1. The molecule has 0 saturated heterocycles. The van der Waals surface area contributed by atoms with Crippen LogP contribution in [-0.2, 0) is 11.0 Å². The minimum Gasteiger partial charge on any atom is -0.545 e. The van der Waals surface area contributed by atoms with Gasteiger partial charge in [0.1, 0.15) is 0 Å². The van der Waals surface area contributed by atoms with E-state index in [1.807, 2.05) is 109 Å². The quantitative estimate of drug-likeness (QED) is 0.115. The van der Waals surface area contributed by atoms with Gasteiger partial charge in [-0.15, -0.1) is 0 Å². The Morgan fingerprint density at radius 2 is 0.350 bits per heavy atom. The van der Waals surface area contributed by atoms with Crippen molar-refractivity contribution < 1.29 is 154 Å². The Morgan fingerprint density at radius 1 is 0.210 bits per heavy atom. The van der Waals surface area contributed by atoms with Crippen LogP contribution in [0.2, 0.25) is 0 Å². The molecule has 12 aromatic rings. The van der Waals surface area contributed by atoms with Gasteiger partial charge in [-0.1, -0.05) is 205 Å². The van der Waals surface area contributed by atoms with Crippen LogP contribution in [0, 0.1) is 83.5 Å². The van der Waals surface area contributed by atoms with Crippen LogP contribution in [0.4, 0.5) is 0 Å². The third kappa shape index (κ3) is 34.8. The van der Waals surface area contributed by atoms with Crippen molar-refractivity contribution in [1.82, 2.24) is 29.9 Å². The largest absolute Gasteiger partial charge is 3.00 e. The maximum Gasteiger partial charge on any atom is 3.00 e. The second kappa shape index (κ2) is 50.0. The zero-order chi connectivity index (χ0) is 69.8. The van der Waals surface area contributed by atoms with Crippen LogP contribution in [0.5, 0.6) is 0 Å². The molecule has 0 aliphatic heterocycles. The van der Waals surface area contributed by atoms with Crippen molar-refractivity contribution in [2.75, 3.05) is 0 Å². The molecular formula is C72H52Br6Ce2N6O14+2. The molecule has 0 aliphatic rings. The van der Waals surface area contributed by atoms with Gasteiger partial charge in [0.25, 0.3) is 0 Å². The first kappa shape index (κ1) is 90.6. The van der Waals surface area contributed by atoms with E-state index >= 15 is 0 Å². The van der Waals surface area contributed by atoms with Crippen LogP contribution < -0.4 is 30.6 Å². The van der Waals surface area contributed by atoms with Gasteiger partial charge in [0.15, 0.2) is 0 Å². The fraction of sp³-hybridized carbons (Fsp3) is 0. The summed E-state index contributed by atoms with van der Waals surface area (Å²) in [6, 6.07) is 72.7. The normalized spacial score (nSPS) is 9.26. The number of carboxylic acids is 6. The molecule has 100 heavy (non-hydrogen) atoms. The van der Waals surface area contributed by atoms with Gasteiger partial charge in [0, 0.05) is 51.6 Å². The van der Waals surface area contributed by atoms with Crippen molar-refractivity contribution in [3.05, 3.63) is 340 Å². The van der Waals surface area contributed by atoms with Crippen molar-refractivity contribution >= 4 is 131 Å². The maximum absolute atomic E-state index is 10.2. The summed E-state index contributed by atoms with van der Waals surface area (Å²) in [4.78, 5) is 87.5. The fourth-order valence-electron chi connectivity index (χ4n) is 7.01. The van der Waals surface area contributed by atoms with Crippen molar-refractivity contribution in [2.45, 2.75) is 0 Å². The summed E-state index contributed by atoms with van der Waals surface area (Å²) in [5.74, 6) is -6.88. The Labute approximate surface area is 691 Å². The molecule has 0 saturated carbocycles. The Bertz CT molecular complexity index is 3750. The second-order valence-corrected chi connectivity index (χ2v) is 23.9. The molecule has 502 valence electrons. The number of rotatable bonds is 10. The number of pyridine rings is 6. The molecule has 28 heteroatoms. The molecule has 0 aliphatic carbocycles. The second-order valence-electron chi connectivity index (χ2n) is 18.4. The molecule has 0 atom stereocenters. The number of nitrogens with zero attached hydrogens (tertiary/aromatic N) is 6. The molecule has 20 nitrogen and oxygen atoms in total. The first-order chi connectivity index (χ1) is 46.1. The third-order valence-electron chi connectivity index (χ3n) is 11.7. The smallest absolute Gasteiger partial charge is 0.545 e. The zero-order valence-corrected chi connectivity index (χ0v) is 67.4. The zero-order valence-electron chi connectivity index (χ0n) is 51.6. The molecule has 0 bridgehead atoms. The van der Waals surface area contributed by atoms with Crippen LogP contribution in [-0.4, -0.2) is 65.7 Å². The number of aromatic carboxylic acids is 6. The number of halogens is 6. The van der Waals surface area contributed by atoms with Crippen molar-refractivity contribution in [3.63, 3.8) is 0 Å². The Morgan fingerprint density at radius 3 is 0.470 bits per heavy atom. The van der Waals surface area contributed by atoms with E-state index < -0.39 is 35.8 Å². The average molecular weight is 1980 g/mol. The molecule has 0 amide bonds. The minimum atomic E-state index is -1.15. The fourth-order valence-corrected chi connectivity index (χ4v) is 8.60. The van der Waals surface area contributed by atoms with Crippen molar-refractivity contribution in [2.24, 2.45) is 0 Å². The molecular weight excluding hydrogens is 1930 g/mol. The summed E-state index contributed by atoms with van der Waals surface area (Å²) in [6.45, 7) is 0. The molecule has 6 aromatic heterocycles. The molecule has 6 aromatic carbocycles. The number of hydrogen-bond acceptors (Lipinski definition) is 18. The van der Waals surface area contributed by atoms with Gasteiger partial charge in [-0.05, 0) is 179 Å². The van der Waals surface area contributed by atoms with Gasteiger partial charge in [-0.25, -0.2) is 9.97 Å². The molecule has 6 heterocycles. The number of carboxylic acid groups (broad SMARTS) is 6. The van der Waals surface area contributed by atoms with Gasteiger partial charge in [-0.2, -0.15) is 0 Å². The van der Waals surface area contributed by atoms with E-state index in [0.29, 0.717) is 0 Å². The van der Waals surface area contributed by atoms with Gasteiger partial charge in [-0.3, -0.25) is 19.9 Å². The minimum absolute atomic E-state index is 0. The van der Waals surface area contributed by atoms with Crippen LogP contribution in [0.15, 0.2) is 306 Å². The number of carbonyl (C=O) groups excluding carboxylic acids is 6. The Balaban J connectivity index is 0.000000577. The van der Waals surface area contributed by atoms with Crippen LogP contribution in [0.3, 0.4) is 0 Å². The summed E-state index contributed by atoms with van der Waals surface area (Å²) in [7, 11) is 0. The Hall–Kier alpha value is -7.41. The van der Waals surface area contributed by atoms with Crippen LogP contribution in [0.25, 0.3) is 45.6 Å². The standard InChI is InChI=1S/2C15H11N3.6C7H5BrO2.2Ce.2H2O/c2*1-3-10-16-12(6-1)14-8-5-9-15(18-14)13-7-2-4-11-17-13;6*8-6-3-1-5(2-4-6)7(9)10;;;;/h2*1-11H;6*1-4H,(H,9,10);;;2*1H2/q;;;;;;;;2*+3;;/p-4. The van der Waals surface area contributed by atoms with E-state index in [0.717, 1.165) is 72.4 Å².